The van der Waals surface area contributed by atoms with Crippen LogP contribution in [0.25, 0.3) is 11.1 Å². The maximum Gasteiger partial charge on any atom is 0.198 e. The third-order valence-electron chi connectivity index (χ3n) is 4.48. The lowest BCUT2D eigenvalue weighted by molar-refractivity contribution is 0.529. The van der Waals surface area contributed by atoms with E-state index >= 15 is 0 Å². The number of benzene rings is 1. The van der Waals surface area contributed by atoms with Gasteiger partial charge in [-0.2, -0.15) is 0 Å². The molecule has 2 nitrogen and oxygen atoms in total. The molecule has 1 saturated carbocycles. The molecule has 1 aliphatic rings. The first kappa shape index (κ1) is 13.7. The Bertz CT molecular complexity index is 568. The number of hydrogen-bond acceptors (Lipinski definition) is 2. The molecule has 0 spiro atoms. The van der Waals surface area contributed by atoms with E-state index in [4.69, 9.17) is 4.42 Å². The molecular weight excluding hydrogens is 246 g/mol. The molecule has 20 heavy (non-hydrogen) atoms. The van der Waals surface area contributed by atoms with Gasteiger partial charge in [-0.3, -0.25) is 0 Å². The number of rotatable bonds is 7. The van der Waals surface area contributed by atoms with Gasteiger partial charge in [-0.15, -0.1) is 0 Å². The molecule has 1 atom stereocenters. The largest absolute Gasteiger partial charge is 0.440 e. The zero-order valence-corrected chi connectivity index (χ0v) is 12.7. The molecule has 2 heteroatoms. The summed E-state index contributed by atoms with van der Waals surface area (Å²) >= 11 is 0. The lowest BCUT2D eigenvalue weighted by Gasteiger charge is -2.14. The highest BCUT2D eigenvalue weighted by Crippen LogP contribution is 2.41. The average molecular weight is 271 g/mol. The van der Waals surface area contributed by atoms with Crippen molar-refractivity contribution in [3.63, 3.8) is 0 Å². The van der Waals surface area contributed by atoms with Crippen molar-refractivity contribution in [2.24, 2.45) is 0 Å². The van der Waals surface area contributed by atoms with Crippen molar-refractivity contribution in [2.75, 3.05) is 0 Å². The van der Waals surface area contributed by atoms with Crippen LogP contribution in [0, 0.1) is 0 Å². The highest BCUT2D eigenvalue weighted by molar-refractivity contribution is 5.73. The predicted molar refractivity (Wildman–Crippen MR) is 83.2 cm³/mol. The second-order valence-corrected chi connectivity index (χ2v) is 6.15. The first-order valence-corrected chi connectivity index (χ1v) is 8.22. The van der Waals surface area contributed by atoms with Gasteiger partial charge in [0.25, 0.3) is 0 Å². The van der Waals surface area contributed by atoms with E-state index in [0.717, 1.165) is 17.0 Å². The summed E-state index contributed by atoms with van der Waals surface area (Å²) < 4.78 is 5.94. The minimum Gasteiger partial charge on any atom is -0.440 e. The molecule has 0 bridgehead atoms. The molecule has 2 aromatic rings. The van der Waals surface area contributed by atoms with Gasteiger partial charge in [-0.05, 0) is 49.3 Å². The SMILES string of the molecule is CCCCCC(CC)c1ccc2nc(C3CC3)oc2c1. The van der Waals surface area contributed by atoms with Gasteiger partial charge >= 0.3 is 0 Å². The van der Waals surface area contributed by atoms with Gasteiger partial charge in [-0.25, -0.2) is 4.98 Å². The van der Waals surface area contributed by atoms with Gasteiger partial charge in [0.2, 0.25) is 0 Å². The van der Waals surface area contributed by atoms with Crippen molar-refractivity contribution >= 4 is 11.1 Å². The smallest absolute Gasteiger partial charge is 0.198 e. The maximum absolute atomic E-state index is 5.94. The molecule has 1 aromatic carbocycles. The van der Waals surface area contributed by atoms with Gasteiger partial charge in [0, 0.05) is 5.92 Å². The van der Waals surface area contributed by atoms with Crippen LogP contribution in [0.4, 0.5) is 0 Å². The molecule has 0 N–H and O–H groups in total. The molecule has 0 amide bonds. The van der Waals surface area contributed by atoms with Crippen molar-refractivity contribution in [1.82, 2.24) is 4.98 Å². The Morgan fingerprint density at radius 3 is 2.80 bits per heavy atom. The van der Waals surface area contributed by atoms with Crippen molar-refractivity contribution in [2.45, 2.75) is 70.6 Å². The quantitative estimate of drug-likeness (QED) is 0.597. The fourth-order valence-electron chi connectivity index (χ4n) is 2.97. The van der Waals surface area contributed by atoms with Crippen molar-refractivity contribution in [1.29, 1.82) is 0 Å². The Balaban J connectivity index is 1.79. The van der Waals surface area contributed by atoms with Gasteiger partial charge in [0.15, 0.2) is 11.5 Å². The first-order chi connectivity index (χ1) is 9.81. The first-order valence-electron chi connectivity index (χ1n) is 8.22. The molecule has 0 saturated heterocycles. The zero-order valence-electron chi connectivity index (χ0n) is 12.7. The van der Waals surface area contributed by atoms with E-state index in [9.17, 15) is 0 Å². The minimum atomic E-state index is 0.595. The normalized spacial score (nSPS) is 16.7. The van der Waals surface area contributed by atoms with Gasteiger partial charge in [0.05, 0.1) is 0 Å². The molecule has 1 aromatic heterocycles. The molecule has 1 unspecified atom stereocenters. The van der Waals surface area contributed by atoms with E-state index in [1.807, 2.05) is 0 Å². The van der Waals surface area contributed by atoms with Crippen LogP contribution in [0.5, 0.6) is 0 Å². The Morgan fingerprint density at radius 2 is 2.10 bits per heavy atom. The number of aromatic nitrogens is 1. The summed E-state index contributed by atoms with van der Waals surface area (Å²) in [5, 5.41) is 0. The summed E-state index contributed by atoms with van der Waals surface area (Å²) in [6.45, 7) is 4.55. The molecule has 0 radical (unpaired) electrons. The van der Waals surface area contributed by atoms with Gasteiger partial charge < -0.3 is 4.42 Å². The number of unbranched alkanes of at least 4 members (excludes halogenated alkanes) is 2. The van der Waals surface area contributed by atoms with Crippen LogP contribution in [-0.2, 0) is 0 Å². The molecule has 1 aliphatic carbocycles. The number of oxazole rings is 1. The van der Waals surface area contributed by atoms with Crippen LogP contribution in [0.15, 0.2) is 22.6 Å². The monoisotopic (exact) mass is 271 g/mol. The lowest BCUT2D eigenvalue weighted by atomic mass is 9.91. The molecular formula is C18H25NO. The lowest BCUT2D eigenvalue weighted by Crippen LogP contribution is -1.97. The fraction of sp³-hybridized carbons (Fsp3) is 0.611. The molecule has 1 fully saturated rings. The highest BCUT2D eigenvalue weighted by atomic mass is 16.3. The van der Waals surface area contributed by atoms with Gasteiger partial charge in [0.1, 0.15) is 5.52 Å². The molecule has 0 aliphatic heterocycles. The number of fused-ring (bicyclic) bond motifs is 1. The Kier molecular flexibility index (Phi) is 4.09. The zero-order chi connectivity index (χ0) is 13.9. The van der Waals surface area contributed by atoms with E-state index < -0.39 is 0 Å². The summed E-state index contributed by atoms with van der Waals surface area (Å²) in [5.74, 6) is 2.22. The molecule has 1 heterocycles. The summed E-state index contributed by atoms with van der Waals surface area (Å²) in [4.78, 5) is 4.61. The van der Waals surface area contributed by atoms with E-state index in [2.05, 4.69) is 37.0 Å². The number of hydrogen-bond donors (Lipinski definition) is 0. The molecule has 108 valence electrons. The summed E-state index contributed by atoms with van der Waals surface area (Å²) in [7, 11) is 0. The fourth-order valence-corrected chi connectivity index (χ4v) is 2.97. The van der Waals surface area contributed by atoms with Crippen molar-refractivity contribution < 1.29 is 4.42 Å². The third kappa shape index (κ3) is 2.89. The number of nitrogens with zero attached hydrogens (tertiary/aromatic N) is 1. The average Bonchev–Trinajstić information content (AvgIpc) is 3.23. The van der Waals surface area contributed by atoms with Crippen LogP contribution in [0.1, 0.15) is 82.1 Å². The van der Waals surface area contributed by atoms with E-state index in [1.54, 1.807) is 0 Å². The minimum absolute atomic E-state index is 0.595. The highest BCUT2D eigenvalue weighted by Gasteiger charge is 2.29. The van der Waals surface area contributed by atoms with E-state index in [-0.39, 0.29) is 0 Å². The standard InChI is InChI=1S/C18H25NO/c1-3-5-6-7-13(4-2)15-10-11-16-17(12-15)20-18(19-16)14-8-9-14/h10-14H,3-9H2,1-2H3. The van der Waals surface area contributed by atoms with Crippen molar-refractivity contribution in [3.8, 4) is 0 Å². The predicted octanol–water partition coefficient (Wildman–Crippen LogP) is 5.78. The van der Waals surface area contributed by atoms with Gasteiger partial charge in [-0.1, -0.05) is 39.2 Å². The topological polar surface area (TPSA) is 26.0 Å². The van der Waals surface area contributed by atoms with Crippen LogP contribution < -0.4 is 0 Å². The maximum atomic E-state index is 5.94. The Labute approximate surface area is 121 Å². The second-order valence-electron chi connectivity index (χ2n) is 6.15. The van der Waals surface area contributed by atoms with Crippen LogP contribution in [-0.4, -0.2) is 4.98 Å². The van der Waals surface area contributed by atoms with Crippen LogP contribution in [0.2, 0.25) is 0 Å². The van der Waals surface area contributed by atoms with Crippen LogP contribution >= 0.6 is 0 Å². The summed E-state index contributed by atoms with van der Waals surface area (Å²) in [6, 6.07) is 6.62. The van der Waals surface area contributed by atoms with Crippen LogP contribution in [0.3, 0.4) is 0 Å². The third-order valence-corrected chi connectivity index (χ3v) is 4.48. The molecule has 3 rings (SSSR count). The summed E-state index contributed by atoms with van der Waals surface area (Å²) in [5.41, 5.74) is 3.44. The van der Waals surface area contributed by atoms with E-state index in [0.29, 0.717) is 11.8 Å². The second kappa shape index (κ2) is 5.99. The Hall–Kier alpha value is -1.31. The Morgan fingerprint density at radius 1 is 1.25 bits per heavy atom. The summed E-state index contributed by atoms with van der Waals surface area (Å²) in [6.07, 6.45) is 8.95. The van der Waals surface area contributed by atoms with Crippen molar-refractivity contribution in [3.05, 3.63) is 29.7 Å². The van der Waals surface area contributed by atoms with E-state index in [1.165, 1.54) is 50.5 Å².